The minimum Gasteiger partial charge on any atom is -0.394 e. The van der Waals surface area contributed by atoms with Gasteiger partial charge in [0.1, 0.15) is 24.4 Å². The summed E-state index contributed by atoms with van der Waals surface area (Å²) in [5.41, 5.74) is 1.90. The summed E-state index contributed by atoms with van der Waals surface area (Å²) in [6, 6.07) is 0. The molecule has 7 atom stereocenters. The normalized spacial score (nSPS) is 41.7. The molecule has 2 fully saturated rings. The van der Waals surface area contributed by atoms with Gasteiger partial charge in [0.2, 0.25) is 0 Å². The second-order valence-electron chi connectivity index (χ2n) is 8.27. The van der Waals surface area contributed by atoms with Crippen LogP contribution in [0.2, 0.25) is 0 Å². The van der Waals surface area contributed by atoms with Gasteiger partial charge in [0.25, 0.3) is 0 Å². The molecule has 1 saturated carbocycles. The van der Waals surface area contributed by atoms with E-state index in [1.54, 1.807) is 6.92 Å². The Morgan fingerprint density at radius 2 is 1.81 bits per heavy atom. The number of ketones is 1. The molecule has 8 heteroatoms. The number of aliphatic hydroxyl groups excluding tert-OH is 5. The number of rotatable bonds is 4. The Morgan fingerprint density at radius 1 is 1.19 bits per heavy atom. The fourth-order valence-corrected chi connectivity index (χ4v) is 4.08. The summed E-state index contributed by atoms with van der Waals surface area (Å²) in [5, 5.41) is 49.8. The Hall–Kier alpha value is -1.09. The lowest BCUT2D eigenvalue weighted by Gasteiger charge is -2.49. The summed E-state index contributed by atoms with van der Waals surface area (Å²) in [7, 11) is 0. The predicted molar refractivity (Wildman–Crippen MR) is 94.6 cm³/mol. The average molecular weight is 386 g/mol. The first-order valence-corrected chi connectivity index (χ1v) is 9.06. The van der Waals surface area contributed by atoms with Gasteiger partial charge in [-0.2, -0.15) is 0 Å². The molecule has 0 radical (unpaired) electrons. The molecule has 5 N–H and O–H groups in total. The van der Waals surface area contributed by atoms with Crippen LogP contribution < -0.4 is 0 Å². The molecule has 0 aromatic carbocycles. The van der Waals surface area contributed by atoms with Crippen LogP contribution >= 0.6 is 0 Å². The third kappa shape index (κ3) is 4.67. The number of aliphatic hydroxyl groups is 5. The van der Waals surface area contributed by atoms with Gasteiger partial charge < -0.3 is 35.0 Å². The van der Waals surface area contributed by atoms with E-state index in [-0.39, 0.29) is 12.2 Å². The first kappa shape index (κ1) is 22.2. The molecule has 0 aromatic rings. The Kier molecular flexibility index (Phi) is 6.67. The van der Waals surface area contributed by atoms with Crippen molar-refractivity contribution in [3.8, 4) is 0 Å². The number of hydrogen-bond acceptors (Lipinski definition) is 8. The zero-order valence-corrected chi connectivity index (χ0v) is 16.1. The molecule has 8 nitrogen and oxygen atoms in total. The highest BCUT2D eigenvalue weighted by atomic mass is 16.7. The highest BCUT2D eigenvalue weighted by molar-refractivity contribution is 5.87. The predicted octanol–water partition coefficient (Wildman–Crippen LogP) is -0.587. The van der Waals surface area contributed by atoms with Crippen LogP contribution in [-0.4, -0.2) is 80.3 Å². The van der Waals surface area contributed by atoms with Crippen LogP contribution in [0.1, 0.15) is 40.5 Å². The van der Waals surface area contributed by atoms with Crippen molar-refractivity contribution >= 4 is 5.78 Å². The summed E-state index contributed by atoms with van der Waals surface area (Å²) < 4.78 is 11.4. The van der Waals surface area contributed by atoms with Gasteiger partial charge in [-0.25, -0.2) is 0 Å². The molecule has 1 heterocycles. The minimum absolute atomic E-state index is 0.166. The molecule has 2 aliphatic rings. The second kappa shape index (κ2) is 8.11. The third-order valence-electron chi connectivity index (χ3n) is 5.22. The molecule has 0 spiro atoms. The zero-order valence-electron chi connectivity index (χ0n) is 16.1. The van der Waals surface area contributed by atoms with Crippen LogP contribution in [0.4, 0.5) is 0 Å². The number of hydrogen-bond donors (Lipinski definition) is 5. The van der Waals surface area contributed by atoms with Gasteiger partial charge >= 0.3 is 0 Å². The van der Waals surface area contributed by atoms with E-state index >= 15 is 0 Å². The molecular weight excluding hydrogens is 356 g/mol. The number of carbonyl (C=O) groups is 1. The van der Waals surface area contributed by atoms with Crippen molar-refractivity contribution in [1.82, 2.24) is 0 Å². The van der Waals surface area contributed by atoms with Crippen molar-refractivity contribution in [1.29, 1.82) is 0 Å². The molecule has 0 aromatic heterocycles. The molecule has 0 bridgehead atoms. The zero-order chi connectivity index (χ0) is 20.6. The van der Waals surface area contributed by atoms with Crippen molar-refractivity contribution in [3.63, 3.8) is 0 Å². The lowest BCUT2D eigenvalue weighted by Crippen LogP contribution is -2.61. The summed E-state index contributed by atoms with van der Waals surface area (Å²) in [4.78, 5) is 11.4. The van der Waals surface area contributed by atoms with Gasteiger partial charge in [-0.1, -0.05) is 13.8 Å². The molecule has 154 valence electrons. The van der Waals surface area contributed by atoms with Crippen LogP contribution in [0, 0.1) is 5.41 Å². The van der Waals surface area contributed by atoms with E-state index < -0.39 is 54.4 Å². The fraction of sp³-hybridized carbons (Fsp3) is 0.789. The summed E-state index contributed by atoms with van der Waals surface area (Å²) >= 11 is 0. The topological polar surface area (TPSA) is 137 Å². The largest absolute Gasteiger partial charge is 0.394 e. The Morgan fingerprint density at radius 3 is 2.37 bits per heavy atom. The highest BCUT2D eigenvalue weighted by Gasteiger charge is 2.51. The maximum atomic E-state index is 11.4. The molecule has 27 heavy (non-hydrogen) atoms. The van der Waals surface area contributed by atoms with Crippen LogP contribution in [0.15, 0.2) is 17.4 Å². The molecular formula is C19H30O8. The average Bonchev–Trinajstić information content (AvgIpc) is 2.53. The third-order valence-corrected chi connectivity index (χ3v) is 5.22. The van der Waals surface area contributed by atoms with Crippen LogP contribution in [0.3, 0.4) is 0 Å². The molecule has 0 amide bonds. The first-order valence-electron chi connectivity index (χ1n) is 9.06. The van der Waals surface area contributed by atoms with Crippen LogP contribution in [0.5, 0.6) is 0 Å². The molecule has 1 aliphatic heterocycles. The van der Waals surface area contributed by atoms with Gasteiger partial charge in [-0.15, -0.1) is 5.73 Å². The smallest absolute Gasteiger partial charge is 0.187 e. The Balaban J connectivity index is 2.40. The van der Waals surface area contributed by atoms with E-state index in [0.717, 1.165) is 0 Å². The molecule has 2 rings (SSSR count). The lowest BCUT2D eigenvalue weighted by molar-refractivity contribution is -0.325. The lowest BCUT2D eigenvalue weighted by atomic mass is 9.65. The summed E-state index contributed by atoms with van der Waals surface area (Å²) in [5.74, 6) is -0.195. The van der Waals surface area contributed by atoms with Gasteiger partial charge in [0, 0.05) is 18.1 Å². The number of ether oxygens (including phenoxy) is 2. The van der Waals surface area contributed by atoms with Crippen molar-refractivity contribution in [2.45, 2.75) is 82.9 Å². The van der Waals surface area contributed by atoms with E-state index in [9.17, 15) is 30.3 Å². The van der Waals surface area contributed by atoms with Gasteiger partial charge in [-0.05, 0) is 25.7 Å². The molecule has 1 aliphatic carbocycles. The quantitative estimate of drug-likeness (QED) is 0.320. The van der Waals surface area contributed by atoms with E-state index in [4.69, 9.17) is 9.47 Å². The van der Waals surface area contributed by atoms with Crippen molar-refractivity contribution in [2.75, 3.05) is 6.61 Å². The van der Waals surface area contributed by atoms with Crippen molar-refractivity contribution < 1.29 is 39.8 Å². The second-order valence-corrected chi connectivity index (χ2v) is 8.27. The monoisotopic (exact) mass is 386 g/mol. The molecule has 1 saturated heterocycles. The van der Waals surface area contributed by atoms with E-state index in [2.05, 4.69) is 5.73 Å². The number of carbonyl (C=O) groups excluding carboxylic acids is 1. The first-order chi connectivity index (χ1) is 12.4. The van der Waals surface area contributed by atoms with Crippen LogP contribution in [-0.2, 0) is 14.3 Å². The van der Waals surface area contributed by atoms with Crippen LogP contribution in [0.25, 0.3) is 0 Å². The summed E-state index contributed by atoms with van der Waals surface area (Å²) in [6.07, 6.45) is -5.85. The minimum atomic E-state index is -1.56. The maximum Gasteiger partial charge on any atom is 0.187 e. The summed E-state index contributed by atoms with van der Waals surface area (Å²) in [6.45, 7) is 6.30. The van der Waals surface area contributed by atoms with Gasteiger partial charge in [0.15, 0.2) is 12.1 Å². The molecule has 0 unspecified atom stereocenters. The van der Waals surface area contributed by atoms with Gasteiger partial charge in [0.05, 0.1) is 18.3 Å². The fourth-order valence-electron chi connectivity index (χ4n) is 4.08. The standard InChI is InChI=1S/C19H30O8/c1-10(21)5-6-13-18(2,3)7-11(22)8-19(13,4)27-17-16(25)15(24)14(23)12(9-20)26-17/h5,11-12,14-17,20,22-25H,7-9H2,1-4H3/t6?,11-,12-,14-,15+,16-,17+,19+/m0/s1. The SMILES string of the molecule is CC(=O)C=C=C1C(C)(C)C[C@H](O)C[C@@]1(C)O[C@H]1O[C@@H](CO)[C@H](O)[C@@H](O)[C@@H]1O. The highest BCUT2D eigenvalue weighted by Crippen LogP contribution is 2.48. The van der Waals surface area contributed by atoms with Crippen molar-refractivity contribution in [2.24, 2.45) is 5.41 Å². The maximum absolute atomic E-state index is 11.4. The Labute approximate surface area is 158 Å². The van der Waals surface area contributed by atoms with E-state index in [1.165, 1.54) is 13.0 Å². The van der Waals surface area contributed by atoms with E-state index in [1.807, 2.05) is 13.8 Å². The Bertz CT molecular complexity index is 621. The van der Waals surface area contributed by atoms with E-state index in [0.29, 0.717) is 12.0 Å². The van der Waals surface area contributed by atoms with Gasteiger partial charge in [-0.3, -0.25) is 4.79 Å². The van der Waals surface area contributed by atoms with Crippen molar-refractivity contribution in [3.05, 3.63) is 17.4 Å².